The Kier molecular flexibility index (Phi) is 3.80. The second-order valence-corrected chi connectivity index (χ2v) is 3.24. The van der Waals surface area contributed by atoms with Crippen LogP contribution in [0.15, 0.2) is 30.3 Å². The van der Waals surface area contributed by atoms with Crippen LogP contribution in [-0.2, 0) is 9.59 Å². The maximum Gasteiger partial charge on any atom is 0.221 e. The van der Waals surface area contributed by atoms with Gasteiger partial charge in [0.15, 0.2) is 0 Å². The van der Waals surface area contributed by atoms with Crippen LogP contribution >= 0.6 is 0 Å². The molecule has 0 aliphatic rings. The van der Waals surface area contributed by atoms with Crippen LogP contribution in [0.1, 0.15) is 19.4 Å². The second-order valence-electron chi connectivity index (χ2n) is 3.24. The molecule has 0 unspecified atom stereocenters. The molecule has 1 rings (SSSR count). The van der Waals surface area contributed by atoms with E-state index in [2.05, 4.69) is 5.32 Å². The highest BCUT2D eigenvalue weighted by molar-refractivity contribution is 5.89. The third kappa shape index (κ3) is 3.38. The molecule has 0 spiro atoms. The highest BCUT2D eigenvalue weighted by atomic mass is 16.1. The number of nitrogens with one attached hydrogen (secondary N) is 1. The van der Waals surface area contributed by atoms with Crippen LogP contribution in [0, 0.1) is 0 Å². The van der Waals surface area contributed by atoms with Crippen molar-refractivity contribution < 1.29 is 9.59 Å². The minimum absolute atomic E-state index is 0.0945. The number of anilines is 1. The van der Waals surface area contributed by atoms with Gasteiger partial charge in [-0.25, -0.2) is 0 Å². The van der Waals surface area contributed by atoms with Crippen molar-refractivity contribution in [2.24, 2.45) is 0 Å². The number of allylic oxidation sites excluding steroid dienone is 2. The maximum atomic E-state index is 10.8. The van der Waals surface area contributed by atoms with Crippen LogP contribution in [0.5, 0.6) is 0 Å². The summed E-state index contributed by atoms with van der Waals surface area (Å²) in [5, 5.41) is 2.67. The van der Waals surface area contributed by atoms with Gasteiger partial charge in [0.05, 0.1) is 0 Å². The Hall–Kier alpha value is -1.90. The van der Waals surface area contributed by atoms with E-state index in [0.29, 0.717) is 0 Å². The van der Waals surface area contributed by atoms with Gasteiger partial charge in [-0.05, 0) is 36.3 Å². The lowest BCUT2D eigenvalue weighted by Crippen LogP contribution is -2.05. The molecule has 1 aromatic rings. The van der Waals surface area contributed by atoms with Crippen molar-refractivity contribution in [3.8, 4) is 0 Å². The number of hydrogen-bond acceptors (Lipinski definition) is 2. The molecule has 1 N–H and O–H groups in total. The largest absolute Gasteiger partial charge is 0.326 e. The van der Waals surface area contributed by atoms with Gasteiger partial charge in [-0.3, -0.25) is 9.59 Å². The van der Waals surface area contributed by atoms with Gasteiger partial charge in [0, 0.05) is 12.6 Å². The molecule has 1 amide bonds. The molecule has 0 aliphatic carbocycles. The zero-order valence-corrected chi connectivity index (χ0v) is 8.78. The predicted molar refractivity (Wildman–Crippen MR) is 60.5 cm³/mol. The zero-order valence-electron chi connectivity index (χ0n) is 8.78. The van der Waals surface area contributed by atoms with Gasteiger partial charge in [0.2, 0.25) is 5.91 Å². The SMILES string of the molecule is CC(=O)Nc1ccc(/C(C)=C/C=O)cc1. The number of hydrogen-bond donors (Lipinski definition) is 1. The molecule has 0 heterocycles. The molecule has 1 aromatic carbocycles. The lowest BCUT2D eigenvalue weighted by atomic mass is 10.1. The number of aldehydes is 1. The number of amides is 1. The molecule has 0 saturated heterocycles. The van der Waals surface area contributed by atoms with Gasteiger partial charge < -0.3 is 5.32 Å². The summed E-state index contributed by atoms with van der Waals surface area (Å²) >= 11 is 0. The first-order valence-electron chi connectivity index (χ1n) is 4.63. The molecule has 0 bridgehead atoms. The Bertz CT molecular complexity index is 391. The first kappa shape index (κ1) is 11.2. The molecule has 78 valence electrons. The van der Waals surface area contributed by atoms with Crippen molar-refractivity contribution in [2.45, 2.75) is 13.8 Å². The van der Waals surface area contributed by atoms with Crippen LogP contribution < -0.4 is 5.32 Å². The molecule has 0 radical (unpaired) electrons. The van der Waals surface area contributed by atoms with E-state index in [1.54, 1.807) is 12.1 Å². The molecule has 3 heteroatoms. The van der Waals surface area contributed by atoms with Crippen molar-refractivity contribution >= 4 is 23.5 Å². The van der Waals surface area contributed by atoms with E-state index >= 15 is 0 Å². The quantitative estimate of drug-likeness (QED) is 0.605. The smallest absolute Gasteiger partial charge is 0.221 e. The Morgan fingerprint density at radius 3 is 2.27 bits per heavy atom. The van der Waals surface area contributed by atoms with Gasteiger partial charge in [-0.2, -0.15) is 0 Å². The fourth-order valence-corrected chi connectivity index (χ4v) is 1.22. The second kappa shape index (κ2) is 5.10. The molecule has 0 fully saturated rings. The van der Waals surface area contributed by atoms with Gasteiger partial charge in [-0.1, -0.05) is 12.1 Å². The Morgan fingerprint density at radius 2 is 1.80 bits per heavy atom. The van der Waals surface area contributed by atoms with E-state index in [4.69, 9.17) is 0 Å². The lowest BCUT2D eigenvalue weighted by Gasteiger charge is -2.04. The van der Waals surface area contributed by atoms with Crippen LogP contribution in [-0.4, -0.2) is 12.2 Å². The number of benzene rings is 1. The average molecular weight is 203 g/mol. The average Bonchev–Trinajstić information content (AvgIpc) is 2.18. The third-order valence-electron chi connectivity index (χ3n) is 1.98. The van der Waals surface area contributed by atoms with Gasteiger partial charge in [-0.15, -0.1) is 0 Å². The Morgan fingerprint density at radius 1 is 1.20 bits per heavy atom. The number of carbonyl (C=O) groups excluding carboxylic acids is 2. The topological polar surface area (TPSA) is 46.2 Å². The summed E-state index contributed by atoms with van der Waals surface area (Å²) < 4.78 is 0. The number of rotatable bonds is 3. The van der Waals surface area contributed by atoms with Crippen molar-refractivity contribution in [2.75, 3.05) is 5.32 Å². The minimum atomic E-state index is -0.0945. The van der Waals surface area contributed by atoms with Gasteiger partial charge in [0.1, 0.15) is 6.29 Å². The molecule has 0 aromatic heterocycles. The summed E-state index contributed by atoms with van der Waals surface area (Å²) in [6.07, 6.45) is 2.27. The van der Waals surface area contributed by atoms with E-state index in [1.165, 1.54) is 13.0 Å². The first-order valence-corrected chi connectivity index (χ1v) is 4.63. The molecule has 0 atom stereocenters. The van der Waals surface area contributed by atoms with Crippen molar-refractivity contribution in [1.29, 1.82) is 0 Å². The van der Waals surface area contributed by atoms with Crippen LogP contribution in [0.2, 0.25) is 0 Å². The van der Waals surface area contributed by atoms with Crippen LogP contribution in [0.25, 0.3) is 5.57 Å². The highest BCUT2D eigenvalue weighted by Crippen LogP contribution is 2.16. The molecule has 0 aliphatic heterocycles. The summed E-state index contributed by atoms with van der Waals surface area (Å²) in [5.74, 6) is -0.0945. The van der Waals surface area contributed by atoms with E-state index < -0.39 is 0 Å². The maximum absolute atomic E-state index is 10.8. The van der Waals surface area contributed by atoms with Gasteiger partial charge in [0.25, 0.3) is 0 Å². The summed E-state index contributed by atoms with van der Waals surface area (Å²) in [7, 11) is 0. The third-order valence-corrected chi connectivity index (χ3v) is 1.98. The first-order chi connectivity index (χ1) is 7.13. The van der Waals surface area contributed by atoms with Crippen LogP contribution in [0.3, 0.4) is 0 Å². The van der Waals surface area contributed by atoms with E-state index in [0.717, 1.165) is 23.1 Å². The fourth-order valence-electron chi connectivity index (χ4n) is 1.22. The molecule has 0 saturated carbocycles. The van der Waals surface area contributed by atoms with Crippen LogP contribution in [0.4, 0.5) is 5.69 Å². The lowest BCUT2D eigenvalue weighted by molar-refractivity contribution is -0.114. The van der Waals surface area contributed by atoms with Gasteiger partial charge >= 0.3 is 0 Å². The normalized spacial score (nSPS) is 10.9. The predicted octanol–water partition coefficient (Wildman–Crippen LogP) is 2.25. The summed E-state index contributed by atoms with van der Waals surface area (Å²) in [5.41, 5.74) is 2.63. The summed E-state index contributed by atoms with van der Waals surface area (Å²) in [6, 6.07) is 7.33. The molecule has 15 heavy (non-hydrogen) atoms. The number of carbonyl (C=O) groups is 2. The zero-order chi connectivity index (χ0) is 11.3. The van der Waals surface area contributed by atoms with E-state index in [1.807, 2.05) is 19.1 Å². The summed E-state index contributed by atoms with van der Waals surface area (Å²) in [6.45, 7) is 3.33. The Labute approximate surface area is 88.8 Å². The van der Waals surface area contributed by atoms with Crippen molar-refractivity contribution in [3.05, 3.63) is 35.9 Å². The fraction of sp³-hybridized carbons (Fsp3) is 0.167. The summed E-state index contributed by atoms with van der Waals surface area (Å²) in [4.78, 5) is 21.0. The van der Waals surface area contributed by atoms with Crippen molar-refractivity contribution in [1.82, 2.24) is 0 Å². The van der Waals surface area contributed by atoms with E-state index in [9.17, 15) is 9.59 Å². The Balaban J connectivity index is 2.85. The standard InChI is InChI=1S/C12H13NO2/c1-9(7-8-14)11-3-5-12(6-4-11)13-10(2)15/h3-8H,1-2H3,(H,13,15)/b9-7+. The molecular formula is C12H13NO2. The van der Waals surface area contributed by atoms with Crippen molar-refractivity contribution in [3.63, 3.8) is 0 Å². The molecular weight excluding hydrogens is 190 g/mol. The molecule has 3 nitrogen and oxygen atoms in total. The van der Waals surface area contributed by atoms with E-state index in [-0.39, 0.29) is 5.91 Å². The highest BCUT2D eigenvalue weighted by Gasteiger charge is 1.97. The monoisotopic (exact) mass is 203 g/mol. The minimum Gasteiger partial charge on any atom is -0.326 e.